The molecule has 92 valence electrons. The van der Waals surface area contributed by atoms with Crippen LogP contribution in [0.25, 0.3) is 6.08 Å². The molecule has 0 saturated carbocycles. The van der Waals surface area contributed by atoms with Crippen molar-refractivity contribution < 1.29 is 0 Å². The smallest absolute Gasteiger partial charge is 0.269 e. The van der Waals surface area contributed by atoms with E-state index in [9.17, 15) is 4.79 Å². The van der Waals surface area contributed by atoms with Gasteiger partial charge in [-0.05, 0) is 21.5 Å². The number of hydrogen-bond donors (Lipinski definition) is 0. The first-order chi connectivity index (χ1) is 8.68. The Morgan fingerprint density at radius 1 is 1.33 bits per heavy atom. The number of hydrogen-bond acceptors (Lipinski definition) is 2. The maximum absolute atomic E-state index is 11.8. The molecule has 1 heterocycles. The van der Waals surface area contributed by atoms with Gasteiger partial charge in [-0.3, -0.25) is 9.36 Å². The Hall–Kier alpha value is -1.39. The van der Waals surface area contributed by atoms with Gasteiger partial charge in [0.25, 0.3) is 5.56 Å². The van der Waals surface area contributed by atoms with E-state index in [4.69, 9.17) is 11.6 Å². The van der Waals surface area contributed by atoms with Crippen molar-refractivity contribution in [2.24, 2.45) is 0 Å². The summed E-state index contributed by atoms with van der Waals surface area (Å²) in [6, 6.07) is 9.88. The molecule has 3 nitrogen and oxygen atoms in total. The van der Waals surface area contributed by atoms with Crippen molar-refractivity contribution in [3.8, 4) is 0 Å². The monoisotopic (exact) mass is 324 g/mol. The molecule has 0 amide bonds. The largest absolute Gasteiger partial charge is 0.294 e. The standard InChI is InChI=1S/C13H10BrClN2O/c14-11-12(15)16-9-17(13(11)18)8-4-7-10-5-2-1-3-6-10/h1-7,9H,8H2/b7-4+. The van der Waals surface area contributed by atoms with Gasteiger partial charge in [-0.2, -0.15) is 0 Å². The fourth-order valence-corrected chi connectivity index (χ4v) is 1.89. The van der Waals surface area contributed by atoms with Crippen molar-refractivity contribution in [3.05, 3.63) is 68.3 Å². The zero-order chi connectivity index (χ0) is 13.0. The molecule has 18 heavy (non-hydrogen) atoms. The van der Waals surface area contributed by atoms with Crippen LogP contribution in [0.4, 0.5) is 0 Å². The Kier molecular flexibility index (Phi) is 4.33. The highest BCUT2D eigenvalue weighted by molar-refractivity contribution is 9.10. The van der Waals surface area contributed by atoms with E-state index in [1.54, 1.807) is 0 Å². The second kappa shape index (κ2) is 5.98. The van der Waals surface area contributed by atoms with E-state index >= 15 is 0 Å². The molecule has 2 rings (SSSR count). The van der Waals surface area contributed by atoms with E-state index in [-0.39, 0.29) is 10.7 Å². The van der Waals surface area contributed by atoms with Gasteiger partial charge < -0.3 is 0 Å². The number of halogens is 2. The number of benzene rings is 1. The molecule has 0 fully saturated rings. The van der Waals surface area contributed by atoms with Gasteiger partial charge >= 0.3 is 0 Å². The van der Waals surface area contributed by atoms with E-state index in [1.807, 2.05) is 42.5 Å². The lowest BCUT2D eigenvalue weighted by Gasteiger charge is -2.02. The molecular formula is C13H10BrClN2O. The van der Waals surface area contributed by atoms with Gasteiger partial charge in [0.1, 0.15) is 4.47 Å². The maximum Gasteiger partial charge on any atom is 0.269 e. The normalized spacial score (nSPS) is 11.0. The van der Waals surface area contributed by atoms with Crippen molar-refractivity contribution in [1.29, 1.82) is 0 Å². The van der Waals surface area contributed by atoms with E-state index in [0.29, 0.717) is 11.0 Å². The summed E-state index contributed by atoms with van der Waals surface area (Å²) in [6.45, 7) is 0.455. The summed E-state index contributed by atoms with van der Waals surface area (Å²) >= 11 is 8.84. The molecule has 2 aromatic rings. The second-order valence-corrected chi connectivity index (χ2v) is 4.77. The Balaban J connectivity index is 2.14. The van der Waals surface area contributed by atoms with Crippen LogP contribution in [0.15, 0.2) is 52.0 Å². The van der Waals surface area contributed by atoms with Crippen LogP contribution in [-0.4, -0.2) is 9.55 Å². The van der Waals surface area contributed by atoms with Crippen LogP contribution in [0.1, 0.15) is 5.56 Å². The molecule has 1 aromatic carbocycles. The third-order valence-electron chi connectivity index (χ3n) is 2.35. The quantitative estimate of drug-likeness (QED) is 0.811. The summed E-state index contributed by atoms with van der Waals surface area (Å²) in [6.07, 6.45) is 5.29. The molecule has 0 N–H and O–H groups in total. The van der Waals surface area contributed by atoms with E-state index in [0.717, 1.165) is 5.56 Å². The van der Waals surface area contributed by atoms with Crippen LogP contribution >= 0.6 is 27.5 Å². The third kappa shape index (κ3) is 3.09. The lowest BCUT2D eigenvalue weighted by molar-refractivity contribution is 0.749. The molecule has 0 radical (unpaired) electrons. The van der Waals surface area contributed by atoms with Crippen LogP contribution in [0.2, 0.25) is 5.15 Å². The Morgan fingerprint density at radius 3 is 2.78 bits per heavy atom. The molecule has 0 atom stereocenters. The molecule has 0 spiro atoms. The van der Waals surface area contributed by atoms with Crippen molar-refractivity contribution in [2.75, 3.05) is 0 Å². The first kappa shape index (κ1) is 13.1. The average Bonchev–Trinajstić information content (AvgIpc) is 2.40. The highest BCUT2D eigenvalue weighted by atomic mass is 79.9. The fraction of sp³-hybridized carbons (Fsp3) is 0.0769. The third-order valence-corrected chi connectivity index (χ3v) is 3.58. The second-order valence-electron chi connectivity index (χ2n) is 3.62. The average molecular weight is 326 g/mol. The summed E-state index contributed by atoms with van der Waals surface area (Å²) in [7, 11) is 0. The van der Waals surface area contributed by atoms with Gasteiger partial charge in [0, 0.05) is 6.54 Å². The van der Waals surface area contributed by atoms with Crippen LogP contribution in [0, 0.1) is 0 Å². The zero-order valence-electron chi connectivity index (χ0n) is 9.38. The number of rotatable bonds is 3. The van der Waals surface area contributed by atoms with Crippen molar-refractivity contribution in [2.45, 2.75) is 6.54 Å². The first-order valence-corrected chi connectivity index (χ1v) is 6.47. The van der Waals surface area contributed by atoms with Gasteiger partial charge in [-0.25, -0.2) is 4.98 Å². The van der Waals surface area contributed by atoms with Crippen molar-refractivity contribution >= 4 is 33.6 Å². The number of nitrogens with zero attached hydrogens (tertiary/aromatic N) is 2. The summed E-state index contributed by atoms with van der Waals surface area (Å²) in [5.74, 6) is 0. The fourth-order valence-electron chi connectivity index (χ4n) is 1.44. The van der Waals surface area contributed by atoms with Gasteiger partial charge in [0.05, 0.1) is 6.33 Å². The summed E-state index contributed by atoms with van der Waals surface area (Å²) in [5, 5.41) is 0.184. The van der Waals surface area contributed by atoms with Gasteiger partial charge in [-0.15, -0.1) is 0 Å². The van der Waals surface area contributed by atoms with Gasteiger partial charge in [0.15, 0.2) is 5.15 Å². The van der Waals surface area contributed by atoms with Crippen molar-refractivity contribution in [3.63, 3.8) is 0 Å². The summed E-state index contributed by atoms with van der Waals surface area (Å²) < 4.78 is 1.77. The molecule has 0 bridgehead atoms. The molecule has 1 aromatic heterocycles. The van der Waals surface area contributed by atoms with Gasteiger partial charge in [0.2, 0.25) is 0 Å². The number of allylic oxidation sites excluding steroid dienone is 1. The molecule has 0 saturated heterocycles. The highest BCUT2D eigenvalue weighted by Crippen LogP contribution is 2.13. The SMILES string of the molecule is O=c1c(Br)c(Cl)ncn1C/C=C/c1ccccc1. The van der Waals surface area contributed by atoms with E-state index in [2.05, 4.69) is 20.9 Å². The summed E-state index contributed by atoms with van der Waals surface area (Å²) in [4.78, 5) is 15.7. The van der Waals surface area contributed by atoms with E-state index < -0.39 is 0 Å². The molecule has 0 aliphatic heterocycles. The minimum absolute atomic E-state index is 0.184. The van der Waals surface area contributed by atoms with Crippen LogP contribution < -0.4 is 5.56 Å². The van der Waals surface area contributed by atoms with Crippen LogP contribution in [0.3, 0.4) is 0 Å². The zero-order valence-corrected chi connectivity index (χ0v) is 11.7. The van der Waals surface area contributed by atoms with E-state index in [1.165, 1.54) is 10.9 Å². The predicted octanol–water partition coefficient (Wildman–Crippen LogP) is 3.37. The molecular weight excluding hydrogens is 316 g/mol. The Labute approximate surface area is 118 Å². The maximum atomic E-state index is 11.8. The molecule has 0 aliphatic rings. The van der Waals surface area contributed by atoms with Crippen LogP contribution in [0.5, 0.6) is 0 Å². The Bertz CT molecular complexity index is 623. The first-order valence-electron chi connectivity index (χ1n) is 5.30. The minimum Gasteiger partial charge on any atom is -0.294 e. The Morgan fingerprint density at radius 2 is 2.06 bits per heavy atom. The molecule has 5 heteroatoms. The number of aromatic nitrogens is 2. The van der Waals surface area contributed by atoms with Crippen molar-refractivity contribution in [1.82, 2.24) is 9.55 Å². The molecule has 0 unspecified atom stereocenters. The molecule has 0 aliphatic carbocycles. The highest BCUT2D eigenvalue weighted by Gasteiger charge is 2.05. The lowest BCUT2D eigenvalue weighted by atomic mass is 10.2. The predicted molar refractivity (Wildman–Crippen MR) is 76.7 cm³/mol. The minimum atomic E-state index is -0.187. The summed E-state index contributed by atoms with van der Waals surface area (Å²) in [5.41, 5.74) is 0.902. The van der Waals surface area contributed by atoms with Crippen LogP contribution in [-0.2, 0) is 6.54 Å². The van der Waals surface area contributed by atoms with Gasteiger partial charge in [-0.1, -0.05) is 54.1 Å². The lowest BCUT2D eigenvalue weighted by Crippen LogP contribution is -2.20. The topological polar surface area (TPSA) is 34.9 Å².